The molecule has 2 aliphatic rings. The Kier molecular flexibility index (Phi) is 7.08. The van der Waals surface area contributed by atoms with Crippen molar-refractivity contribution in [1.29, 1.82) is 0 Å². The van der Waals surface area contributed by atoms with Crippen molar-refractivity contribution >= 4 is 64.6 Å². The molecule has 1 fully saturated rings. The number of aromatic nitrogens is 4. The molecule has 2 amide bonds. The van der Waals surface area contributed by atoms with Crippen LogP contribution < -0.4 is 5.32 Å². The molecule has 1 saturated heterocycles. The van der Waals surface area contributed by atoms with Gasteiger partial charge in [-0.3, -0.25) is 19.3 Å². The molecule has 184 valence electrons. The first-order valence-corrected chi connectivity index (χ1v) is 12.7. The van der Waals surface area contributed by atoms with Crippen molar-refractivity contribution in [3.8, 4) is 0 Å². The van der Waals surface area contributed by atoms with Gasteiger partial charge in [-0.2, -0.15) is 0 Å². The Morgan fingerprint density at radius 3 is 2.66 bits per heavy atom. The Labute approximate surface area is 208 Å². The molecule has 0 aliphatic carbocycles. The third-order valence-corrected chi connectivity index (χ3v) is 8.35. The Bertz CT molecular complexity index is 1260. The van der Waals surface area contributed by atoms with Gasteiger partial charge in [0.15, 0.2) is 0 Å². The topological polar surface area (TPSA) is 205 Å². The zero-order valence-electron chi connectivity index (χ0n) is 17.5. The van der Waals surface area contributed by atoms with E-state index in [4.69, 9.17) is 5.11 Å². The molecule has 17 heteroatoms. The second-order valence-corrected chi connectivity index (χ2v) is 10.2. The van der Waals surface area contributed by atoms with E-state index < -0.39 is 47.7 Å². The van der Waals surface area contributed by atoms with Crippen LogP contribution in [-0.2, 0) is 32.1 Å². The van der Waals surface area contributed by atoms with Crippen LogP contribution in [0.2, 0.25) is 0 Å². The number of thioether (sulfide) groups is 2. The van der Waals surface area contributed by atoms with Crippen molar-refractivity contribution in [3.63, 3.8) is 0 Å². The predicted molar refractivity (Wildman–Crippen MR) is 121 cm³/mol. The molecule has 14 nitrogen and oxygen atoms in total. The molecule has 1 unspecified atom stereocenters. The number of nitrogens with zero attached hydrogens (tertiary/aromatic N) is 5. The van der Waals surface area contributed by atoms with Gasteiger partial charge >= 0.3 is 17.9 Å². The number of fused-ring (bicyclic) bond motifs is 1. The number of rotatable bonds is 10. The number of hydrogen-bond acceptors (Lipinski definition) is 11. The minimum Gasteiger partial charge on any atom is -0.480 e. The van der Waals surface area contributed by atoms with Crippen LogP contribution in [0.25, 0.3) is 0 Å². The summed E-state index contributed by atoms with van der Waals surface area (Å²) < 4.78 is 1.07. The van der Waals surface area contributed by atoms with Crippen molar-refractivity contribution in [2.45, 2.75) is 29.5 Å². The van der Waals surface area contributed by atoms with Crippen LogP contribution in [0, 0.1) is 0 Å². The molecule has 2 aromatic rings. The second kappa shape index (κ2) is 10.0. The zero-order valence-corrected chi connectivity index (χ0v) is 19.9. The highest BCUT2D eigenvalue weighted by atomic mass is 32.2. The lowest BCUT2D eigenvalue weighted by Crippen LogP contribution is -2.70. The fraction of sp³-hybridized carbons (Fsp3) is 0.333. The second-order valence-electron chi connectivity index (χ2n) is 7.27. The third-order valence-electron chi connectivity index (χ3n) is 5.02. The van der Waals surface area contributed by atoms with Crippen LogP contribution in [0.3, 0.4) is 0 Å². The van der Waals surface area contributed by atoms with Crippen molar-refractivity contribution in [2.75, 3.05) is 11.5 Å². The summed E-state index contributed by atoms with van der Waals surface area (Å²) in [5.74, 6) is -4.36. The lowest BCUT2D eigenvalue weighted by Gasteiger charge is -2.49. The van der Waals surface area contributed by atoms with Gasteiger partial charge in [0, 0.05) is 11.5 Å². The summed E-state index contributed by atoms with van der Waals surface area (Å²) in [6.07, 6.45) is -0.221. The van der Waals surface area contributed by atoms with Crippen LogP contribution in [0.5, 0.6) is 0 Å². The fourth-order valence-corrected chi connectivity index (χ4v) is 6.66. The third kappa shape index (κ3) is 5.01. The molecule has 0 bridgehead atoms. The van der Waals surface area contributed by atoms with Gasteiger partial charge in [-0.15, -0.1) is 28.2 Å². The fourth-order valence-electron chi connectivity index (χ4n) is 3.53. The number of tetrazole rings is 1. The summed E-state index contributed by atoms with van der Waals surface area (Å²) in [5.41, 5.74) is 0.562. The number of carbonyl (C=O) groups is 5. The van der Waals surface area contributed by atoms with Crippen LogP contribution >= 0.6 is 34.9 Å². The van der Waals surface area contributed by atoms with E-state index in [1.54, 1.807) is 5.38 Å². The van der Waals surface area contributed by atoms with Gasteiger partial charge in [0.25, 0.3) is 5.91 Å². The first-order chi connectivity index (χ1) is 16.7. The predicted octanol–water partition coefficient (Wildman–Crippen LogP) is -0.409. The largest absolute Gasteiger partial charge is 0.480 e. The number of thiophene rings is 1. The van der Waals surface area contributed by atoms with E-state index in [9.17, 15) is 34.2 Å². The van der Waals surface area contributed by atoms with Gasteiger partial charge in [-0.05, 0) is 33.0 Å². The monoisotopic (exact) mass is 540 g/mol. The van der Waals surface area contributed by atoms with Gasteiger partial charge < -0.3 is 20.6 Å². The van der Waals surface area contributed by atoms with Gasteiger partial charge in [0.05, 0.1) is 6.42 Å². The number of carbonyl (C=O) groups excluding carboxylic acids is 2. The molecule has 2 aliphatic heterocycles. The molecular weight excluding hydrogens is 524 g/mol. The van der Waals surface area contributed by atoms with Crippen LogP contribution in [0.4, 0.5) is 0 Å². The number of carboxylic acids is 3. The molecule has 4 heterocycles. The maximum atomic E-state index is 12.8. The minimum atomic E-state index is -1.31. The molecule has 0 saturated carbocycles. The Morgan fingerprint density at radius 2 is 1.97 bits per heavy atom. The number of aromatic carboxylic acids is 1. The highest BCUT2D eigenvalue weighted by Crippen LogP contribution is 2.41. The Hall–Kier alpha value is -3.44. The van der Waals surface area contributed by atoms with E-state index in [1.807, 2.05) is 0 Å². The molecule has 2 aromatic heterocycles. The van der Waals surface area contributed by atoms with Gasteiger partial charge in [0.2, 0.25) is 11.1 Å². The average molecular weight is 541 g/mol. The molecule has 0 radical (unpaired) electrons. The van der Waals surface area contributed by atoms with Gasteiger partial charge in [-0.1, -0.05) is 11.8 Å². The van der Waals surface area contributed by atoms with E-state index in [0.717, 1.165) is 32.7 Å². The molecule has 0 spiro atoms. The van der Waals surface area contributed by atoms with Crippen LogP contribution in [0.1, 0.15) is 15.2 Å². The van der Waals surface area contributed by atoms with E-state index >= 15 is 0 Å². The van der Waals surface area contributed by atoms with Crippen molar-refractivity contribution in [3.05, 3.63) is 33.2 Å². The van der Waals surface area contributed by atoms with Crippen molar-refractivity contribution < 1.29 is 39.3 Å². The zero-order chi connectivity index (χ0) is 25.3. The van der Waals surface area contributed by atoms with Crippen molar-refractivity contribution in [2.24, 2.45) is 0 Å². The molecule has 2 atom stereocenters. The first-order valence-electron chi connectivity index (χ1n) is 9.77. The number of hydrogen-bond donors (Lipinski definition) is 4. The normalized spacial score (nSPS) is 19.2. The number of carboxylic acid groups (broad SMARTS) is 3. The first kappa shape index (κ1) is 24.7. The maximum Gasteiger partial charge on any atom is 0.352 e. The van der Waals surface area contributed by atoms with E-state index in [2.05, 4.69) is 20.8 Å². The summed E-state index contributed by atoms with van der Waals surface area (Å²) >= 11 is 3.31. The van der Waals surface area contributed by atoms with Crippen LogP contribution in [0.15, 0.2) is 27.9 Å². The highest BCUT2D eigenvalue weighted by molar-refractivity contribution is 8.01. The summed E-state index contributed by atoms with van der Waals surface area (Å²) in [5, 5.41) is 42.3. The number of aliphatic carboxylic acids is 2. The standard InChI is InChI=1S/C18H16N6O8S3/c25-9(3-7-1-2-33-13(7)17(31)32)19-11-14(28)24-12(16(29)30)8(5-34-15(11)24)6-35-18-20-21-22-23(18)4-10(26)27/h1-2,11,15H,3-6H2,(H,19,25)(H,26,27)(H,29,30)(H,31,32)/t11?,15-/m0/s1. The number of nitrogens with one attached hydrogen (secondary N) is 1. The summed E-state index contributed by atoms with van der Waals surface area (Å²) in [6, 6.07) is 0.589. The lowest BCUT2D eigenvalue weighted by atomic mass is 10.0. The molecule has 35 heavy (non-hydrogen) atoms. The highest BCUT2D eigenvalue weighted by Gasteiger charge is 2.54. The van der Waals surface area contributed by atoms with Gasteiger partial charge in [-0.25, -0.2) is 14.3 Å². The molecule has 4 rings (SSSR count). The summed E-state index contributed by atoms with van der Waals surface area (Å²) in [7, 11) is 0. The number of amides is 2. The van der Waals surface area contributed by atoms with Crippen LogP contribution in [-0.4, -0.2) is 93.1 Å². The number of β-lactam (4-membered cyclic amide) rings is 1. The van der Waals surface area contributed by atoms with Gasteiger partial charge in [0.1, 0.15) is 28.5 Å². The summed E-state index contributed by atoms with van der Waals surface area (Å²) in [4.78, 5) is 60.5. The van der Waals surface area contributed by atoms with E-state index in [-0.39, 0.29) is 33.7 Å². The smallest absolute Gasteiger partial charge is 0.352 e. The Balaban J connectivity index is 1.43. The van der Waals surface area contributed by atoms with E-state index in [0.29, 0.717) is 11.1 Å². The lowest BCUT2D eigenvalue weighted by molar-refractivity contribution is -0.150. The molecule has 4 N–H and O–H groups in total. The average Bonchev–Trinajstić information content (AvgIpc) is 3.44. The van der Waals surface area contributed by atoms with E-state index in [1.165, 1.54) is 17.8 Å². The SMILES string of the molecule is O=C(O)Cn1nnnc1SCC1=C(C(=O)O)N2C(=O)C(NC(=O)Cc3ccsc3C(=O)O)[C@@H]2SC1. The summed E-state index contributed by atoms with van der Waals surface area (Å²) in [6.45, 7) is -0.456. The Morgan fingerprint density at radius 1 is 1.20 bits per heavy atom. The van der Waals surface area contributed by atoms with Crippen molar-refractivity contribution in [1.82, 2.24) is 30.4 Å². The molecular formula is C18H16N6O8S3. The molecule has 0 aromatic carbocycles. The quantitative estimate of drug-likeness (QED) is 0.224. The minimum absolute atomic E-state index is 0.0429. The maximum absolute atomic E-state index is 12.8.